The van der Waals surface area contributed by atoms with Crippen LogP contribution in [0.5, 0.6) is 0 Å². The number of hydrogen-bond acceptors (Lipinski definition) is 5. The van der Waals surface area contributed by atoms with Crippen molar-refractivity contribution in [2.75, 3.05) is 6.54 Å². The molecule has 8 heteroatoms. The summed E-state index contributed by atoms with van der Waals surface area (Å²) in [6.45, 7) is 5.72. The highest BCUT2D eigenvalue weighted by molar-refractivity contribution is 7.13. The Morgan fingerprint density at radius 1 is 1.24 bits per heavy atom. The van der Waals surface area contributed by atoms with E-state index in [1.807, 2.05) is 18.4 Å². The van der Waals surface area contributed by atoms with Gasteiger partial charge in [0.25, 0.3) is 11.6 Å². The molecule has 0 bridgehead atoms. The van der Waals surface area contributed by atoms with E-state index in [-0.39, 0.29) is 11.6 Å². The van der Waals surface area contributed by atoms with Crippen LogP contribution in [0.15, 0.2) is 35.7 Å². The molecule has 1 aliphatic carbocycles. The van der Waals surface area contributed by atoms with Gasteiger partial charge in [-0.05, 0) is 50.3 Å². The fraction of sp³-hybridized carbons (Fsp3) is 0.462. The Hall–Kier alpha value is -3.00. The van der Waals surface area contributed by atoms with E-state index in [0.717, 1.165) is 47.0 Å². The number of nitrogens with zero attached hydrogens (tertiary/aromatic N) is 3. The number of carbonyl (C=O) groups excluding carboxylic acids is 1. The Labute approximate surface area is 204 Å². The minimum atomic E-state index is -0.398. The lowest BCUT2D eigenvalue weighted by Crippen LogP contribution is -2.25. The highest BCUT2D eigenvalue weighted by atomic mass is 32.1. The van der Waals surface area contributed by atoms with Gasteiger partial charge in [-0.2, -0.15) is 0 Å². The summed E-state index contributed by atoms with van der Waals surface area (Å²) >= 11 is 1.51. The molecule has 1 fully saturated rings. The molecule has 180 valence electrons. The molecule has 1 aliphatic rings. The van der Waals surface area contributed by atoms with Crippen LogP contribution < -0.4 is 5.32 Å². The number of amides is 1. The molecule has 0 atom stereocenters. The minimum absolute atomic E-state index is 0.0274. The van der Waals surface area contributed by atoms with Crippen molar-refractivity contribution < 1.29 is 9.72 Å². The van der Waals surface area contributed by atoms with Gasteiger partial charge in [0.15, 0.2) is 0 Å². The van der Waals surface area contributed by atoms with E-state index in [1.54, 1.807) is 12.1 Å². The number of carbonyl (C=O) groups is 1. The molecule has 1 saturated carbocycles. The van der Waals surface area contributed by atoms with Crippen LogP contribution in [0.4, 0.5) is 5.69 Å². The third kappa shape index (κ3) is 5.38. The molecule has 7 nitrogen and oxygen atoms in total. The van der Waals surface area contributed by atoms with Crippen molar-refractivity contribution in [2.45, 2.75) is 65.3 Å². The van der Waals surface area contributed by atoms with Crippen LogP contribution in [0.3, 0.4) is 0 Å². The van der Waals surface area contributed by atoms with Gasteiger partial charge >= 0.3 is 0 Å². The third-order valence-electron chi connectivity index (χ3n) is 6.68. The Morgan fingerprint density at radius 3 is 2.65 bits per heavy atom. The number of benzene rings is 1. The zero-order valence-corrected chi connectivity index (χ0v) is 20.7. The summed E-state index contributed by atoms with van der Waals surface area (Å²) in [7, 11) is 0. The Morgan fingerprint density at radius 2 is 1.97 bits per heavy atom. The second kappa shape index (κ2) is 11.0. The third-order valence-corrected chi connectivity index (χ3v) is 7.58. The standard InChI is InChI=1S/C26H32N4O3S/c1-3-4-14-27-25(31)22-15-24(29(18(22)2)16-19-8-6-5-7-9-19)23-17-34-26(28-23)20-10-12-21(13-11-20)30(32)33/h10-13,15,17,19H,3-9,14,16H2,1-2H3,(H,27,31). The van der Waals surface area contributed by atoms with Crippen LogP contribution in [0, 0.1) is 23.0 Å². The molecule has 0 spiro atoms. The van der Waals surface area contributed by atoms with E-state index in [9.17, 15) is 14.9 Å². The number of rotatable bonds is 9. The second-order valence-corrected chi connectivity index (χ2v) is 9.95. The Balaban J connectivity index is 1.65. The summed E-state index contributed by atoms with van der Waals surface area (Å²) in [6, 6.07) is 8.46. The predicted molar refractivity (Wildman–Crippen MR) is 136 cm³/mol. The van der Waals surface area contributed by atoms with E-state index in [2.05, 4.69) is 16.8 Å². The maximum absolute atomic E-state index is 12.9. The SMILES string of the molecule is CCCCNC(=O)c1cc(-c2csc(-c3ccc([N+](=O)[O-])cc3)n2)n(CC2CCCCC2)c1C. The first-order valence-corrected chi connectivity index (χ1v) is 13.0. The number of hydrogen-bond donors (Lipinski definition) is 1. The van der Waals surface area contributed by atoms with Crippen LogP contribution in [0.1, 0.15) is 67.9 Å². The van der Waals surface area contributed by atoms with Gasteiger partial charge in [-0.3, -0.25) is 14.9 Å². The zero-order chi connectivity index (χ0) is 24.1. The lowest BCUT2D eigenvalue weighted by atomic mass is 9.89. The molecule has 0 unspecified atom stereocenters. The quantitative estimate of drug-likeness (QED) is 0.212. The molecular formula is C26H32N4O3S. The fourth-order valence-electron chi connectivity index (χ4n) is 4.67. The summed E-state index contributed by atoms with van der Waals surface area (Å²) in [5.74, 6) is 0.586. The molecule has 2 heterocycles. The zero-order valence-electron chi connectivity index (χ0n) is 19.9. The average Bonchev–Trinajstić information content (AvgIpc) is 3.45. The predicted octanol–water partition coefficient (Wildman–Crippen LogP) is 6.61. The van der Waals surface area contributed by atoms with Crippen molar-refractivity contribution >= 4 is 22.9 Å². The van der Waals surface area contributed by atoms with Gasteiger partial charge in [0.05, 0.1) is 21.9 Å². The van der Waals surface area contributed by atoms with Crippen LogP contribution in [0.2, 0.25) is 0 Å². The normalized spacial score (nSPS) is 14.3. The molecule has 0 saturated heterocycles. The molecule has 34 heavy (non-hydrogen) atoms. The summed E-state index contributed by atoms with van der Waals surface area (Å²) in [4.78, 5) is 28.4. The number of thiazole rings is 1. The number of nitro groups is 1. The van der Waals surface area contributed by atoms with Crippen molar-refractivity contribution in [1.29, 1.82) is 0 Å². The van der Waals surface area contributed by atoms with Crippen molar-refractivity contribution in [3.63, 3.8) is 0 Å². The second-order valence-electron chi connectivity index (χ2n) is 9.09. The van der Waals surface area contributed by atoms with Gasteiger partial charge in [0, 0.05) is 41.9 Å². The van der Waals surface area contributed by atoms with E-state index in [0.29, 0.717) is 18.0 Å². The largest absolute Gasteiger partial charge is 0.352 e. The fourth-order valence-corrected chi connectivity index (χ4v) is 5.49. The molecule has 1 aromatic carbocycles. The number of nitro benzene ring substituents is 1. The summed E-state index contributed by atoms with van der Waals surface area (Å²) < 4.78 is 2.28. The molecule has 0 aliphatic heterocycles. The minimum Gasteiger partial charge on any atom is -0.352 e. The number of unbranched alkanes of at least 4 members (excludes halogenated alkanes) is 1. The molecular weight excluding hydrogens is 448 g/mol. The molecule has 4 rings (SSSR count). The summed E-state index contributed by atoms with van der Waals surface area (Å²) in [5.41, 5.74) is 4.42. The van der Waals surface area contributed by atoms with Crippen molar-refractivity contribution in [3.8, 4) is 22.0 Å². The van der Waals surface area contributed by atoms with Crippen LogP contribution in [-0.2, 0) is 6.54 Å². The number of nitrogens with one attached hydrogen (secondary N) is 1. The van der Waals surface area contributed by atoms with Crippen LogP contribution in [-0.4, -0.2) is 26.9 Å². The smallest absolute Gasteiger partial charge is 0.269 e. The van der Waals surface area contributed by atoms with Gasteiger partial charge < -0.3 is 9.88 Å². The van der Waals surface area contributed by atoms with Gasteiger partial charge in [-0.1, -0.05) is 32.6 Å². The lowest BCUT2D eigenvalue weighted by molar-refractivity contribution is -0.384. The molecule has 1 amide bonds. The highest BCUT2D eigenvalue weighted by Gasteiger charge is 2.23. The first-order chi connectivity index (χ1) is 16.5. The van der Waals surface area contributed by atoms with E-state index >= 15 is 0 Å². The topological polar surface area (TPSA) is 90.1 Å². The Kier molecular flexibility index (Phi) is 7.77. The monoisotopic (exact) mass is 480 g/mol. The van der Waals surface area contributed by atoms with E-state index in [1.165, 1.54) is 55.6 Å². The maximum Gasteiger partial charge on any atom is 0.269 e. The molecule has 1 N–H and O–H groups in total. The van der Waals surface area contributed by atoms with Crippen molar-refractivity contribution in [1.82, 2.24) is 14.9 Å². The van der Waals surface area contributed by atoms with Gasteiger partial charge in [0.2, 0.25) is 0 Å². The number of non-ortho nitro benzene ring substituents is 1. The summed E-state index contributed by atoms with van der Waals surface area (Å²) in [5, 5.41) is 16.8. The maximum atomic E-state index is 12.9. The van der Waals surface area contributed by atoms with Crippen LogP contribution in [0.25, 0.3) is 22.0 Å². The lowest BCUT2D eigenvalue weighted by Gasteiger charge is -2.24. The van der Waals surface area contributed by atoms with E-state index < -0.39 is 4.92 Å². The summed E-state index contributed by atoms with van der Waals surface area (Å²) in [6.07, 6.45) is 8.30. The Bertz CT molecular complexity index is 1140. The van der Waals surface area contributed by atoms with Crippen LogP contribution >= 0.6 is 11.3 Å². The van der Waals surface area contributed by atoms with Gasteiger partial charge in [-0.25, -0.2) is 4.98 Å². The van der Waals surface area contributed by atoms with E-state index in [4.69, 9.17) is 4.98 Å². The number of aromatic nitrogens is 2. The molecule has 3 aromatic rings. The van der Waals surface area contributed by atoms with Gasteiger partial charge in [-0.15, -0.1) is 11.3 Å². The average molecular weight is 481 g/mol. The molecule has 0 radical (unpaired) electrons. The first-order valence-electron chi connectivity index (χ1n) is 12.2. The van der Waals surface area contributed by atoms with Gasteiger partial charge in [0.1, 0.15) is 5.01 Å². The highest BCUT2D eigenvalue weighted by Crippen LogP contribution is 2.34. The van der Waals surface area contributed by atoms with Crippen molar-refractivity contribution in [2.24, 2.45) is 5.92 Å². The first kappa shape index (κ1) is 24.1. The van der Waals surface area contributed by atoms with Crippen molar-refractivity contribution in [3.05, 3.63) is 57.1 Å². The molecule has 2 aromatic heterocycles.